The quantitative estimate of drug-likeness (QED) is 0.0169. The standard InChI is InChI=1S/C75H132O17P2/c1-5-9-13-17-21-25-29-33-34-38-40-44-48-52-56-60-73(78)86-66-71(92-75(80)62-58-54-50-46-42-37-32-28-24-20-16-12-8-4)68-90-94(83,84)88-64-69(76)63-87-93(81,82)89-67-70(91-74(79)61-57-53-49-45-41-36-31-27-23-19-15-11-7-3)65-85-72(77)59-55-51-47-43-39-35-30-26-22-18-14-10-6-2/h9,13-14,18,21,25-26,30,33-34,40,44,52,56,69-71,76H,5-8,10-12,15-17,19-20,22-24,27-29,31-32,35-39,41-43,45-51,53-55,57-68H2,1-4H3,(H,81,82)(H,83,84)/b13-9-,18-14-,25-21-,30-26-,34-33-,44-40-,56-52-. The first-order valence-corrected chi connectivity index (χ1v) is 39.8. The van der Waals surface area contributed by atoms with E-state index < -0.39 is 97.5 Å². The monoisotopic (exact) mass is 1370 g/mol. The number of hydrogen-bond acceptors (Lipinski definition) is 15. The fourth-order valence-corrected chi connectivity index (χ4v) is 11.4. The van der Waals surface area contributed by atoms with Gasteiger partial charge in [0.15, 0.2) is 12.2 Å². The van der Waals surface area contributed by atoms with Gasteiger partial charge in [-0.2, -0.15) is 0 Å². The molecule has 0 fully saturated rings. The molecule has 0 aliphatic heterocycles. The van der Waals surface area contributed by atoms with Gasteiger partial charge in [0.25, 0.3) is 0 Å². The molecule has 0 aromatic rings. The van der Waals surface area contributed by atoms with Crippen LogP contribution in [0.2, 0.25) is 0 Å². The van der Waals surface area contributed by atoms with Gasteiger partial charge in [0.05, 0.1) is 32.8 Å². The number of phosphoric acid groups is 2. The normalized spacial score (nSPS) is 14.5. The van der Waals surface area contributed by atoms with Gasteiger partial charge in [0.1, 0.15) is 19.3 Å². The van der Waals surface area contributed by atoms with Gasteiger partial charge in [-0.1, -0.05) is 293 Å². The summed E-state index contributed by atoms with van der Waals surface area (Å²) in [5.74, 6) is -2.32. The van der Waals surface area contributed by atoms with E-state index in [1.165, 1.54) is 103 Å². The fourth-order valence-electron chi connectivity index (χ4n) is 9.80. The Kier molecular flexibility index (Phi) is 65.1. The van der Waals surface area contributed by atoms with Crippen LogP contribution < -0.4 is 0 Å². The molecule has 5 unspecified atom stereocenters. The number of unbranched alkanes of at least 4 members (excludes halogenated alkanes) is 30. The minimum atomic E-state index is -4.98. The zero-order valence-electron chi connectivity index (χ0n) is 59.1. The highest BCUT2D eigenvalue weighted by Gasteiger charge is 2.30. The molecule has 0 aliphatic carbocycles. The first-order chi connectivity index (χ1) is 45.7. The van der Waals surface area contributed by atoms with E-state index in [-0.39, 0.29) is 25.7 Å². The summed E-state index contributed by atoms with van der Waals surface area (Å²) in [6.45, 7) is 4.59. The average Bonchev–Trinajstić information content (AvgIpc) is 1.67. The van der Waals surface area contributed by atoms with E-state index in [2.05, 4.69) is 88.5 Å². The van der Waals surface area contributed by atoms with Crippen LogP contribution >= 0.6 is 15.6 Å². The highest BCUT2D eigenvalue weighted by Crippen LogP contribution is 2.45. The van der Waals surface area contributed by atoms with Crippen LogP contribution in [-0.2, 0) is 65.4 Å². The van der Waals surface area contributed by atoms with Crippen LogP contribution in [-0.4, -0.2) is 96.7 Å². The molecule has 0 aromatic heterocycles. The van der Waals surface area contributed by atoms with Crippen LogP contribution in [0.15, 0.2) is 85.1 Å². The van der Waals surface area contributed by atoms with Crippen molar-refractivity contribution < 1.29 is 80.2 Å². The summed E-state index contributed by atoms with van der Waals surface area (Å²) in [5, 5.41) is 10.6. The summed E-state index contributed by atoms with van der Waals surface area (Å²) < 4.78 is 68.2. The maximum atomic E-state index is 13.0. The summed E-state index contributed by atoms with van der Waals surface area (Å²) in [6.07, 6.45) is 67.6. The first kappa shape index (κ1) is 90.2. The van der Waals surface area contributed by atoms with Crippen molar-refractivity contribution in [1.82, 2.24) is 0 Å². The van der Waals surface area contributed by atoms with E-state index in [4.69, 9.17) is 37.0 Å². The predicted molar refractivity (Wildman–Crippen MR) is 381 cm³/mol. The Labute approximate surface area is 570 Å². The number of hydrogen-bond donors (Lipinski definition) is 3. The SMILES string of the molecule is CC/C=C\C/C=C\C/C=C\C/C=C\C/C=C\CC(=O)OCC(COP(=O)(O)OCC(O)COP(=O)(O)OCC(COC(=O)CCCCCCC/C=C\C/C=C\CCC)OC(=O)CCCCCCCCCCCCCCC)OC(=O)CCCCCCCCCCCCCCC. The lowest BCUT2D eigenvalue weighted by Crippen LogP contribution is -2.30. The van der Waals surface area contributed by atoms with Gasteiger partial charge in [-0.25, -0.2) is 9.13 Å². The summed E-state index contributed by atoms with van der Waals surface area (Å²) in [5.41, 5.74) is 0. The Bertz CT molecular complexity index is 2120. The van der Waals surface area contributed by atoms with Gasteiger partial charge in [-0.05, 0) is 77.0 Å². The van der Waals surface area contributed by atoms with Crippen molar-refractivity contribution in [2.45, 2.75) is 329 Å². The van der Waals surface area contributed by atoms with Crippen LogP contribution in [0.4, 0.5) is 0 Å². The molecule has 94 heavy (non-hydrogen) atoms. The maximum absolute atomic E-state index is 13.0. The molecule has 19 heteroatoms. The Morgan fingerprint density at radius 2 is 0.617 bits per heavy atom. The molecule has 544 valence electrons. The Hall–Kier alpha value is -3.76. The molecular formula is C75H132O17P2. The summed E-state index contributed by atoms with van der Waals surface area (Å²) >= 11 is 0. The van der Waals surface area contributed by atoms with Crippen molar-refractivity contribution in [3.63, 3.8) is 0 Å². The molecule has 3 N–H and O–H groups in total. The molecule has 0 amide bonds. The number of allylic oxidation sites excluding steroid dienone is 13. The molecule has 5 atom stereocenters. The van der Waals surface area contributed by atoms with Crippen LogP contribution in [0.1, 0.15) is 310 Å². The van der Waals surface area contributed by atoms with Crippen molar-refractivity contribution in [1.29, 1.82) is 0 Å². The van der Waals surface area contributed by atoms with Crippen LogP contribution in [0.25, 0.3) is 0 Å². The zero-order valence-corrected chi connectivity index (χ0v) is 60.9. The van der Waals surface area contributed by atoms with Gasteiger partial charge < -0.3 is 33.8 Å². The number of carbonyl (C=O) groups excluding carboxylic acids is 4. The smallest absolute Gasteiger partial charge is 0.462 e. The molecule has 17 nitrogen and oxygen atoms in total. The average molecular weight is 1370 g/mol. The fraction of sp³-hybridized carbons (Fsp3) is 0.760. The van der Waals surface area contributed by atoms with Gasteiger partial charge in [0.2, 0.25) is 0 Å². The molecule has 0 bridgehead atoms. The molecule has 0 spiro atoms. The summed E-state index contributed by atoms with van der Waals surface area (Å²) in [6, 6.07) is 0. The third-order valence-electron chi connectivity index (χ3n) is 15.4. The molecule has 0 rings (SSSR count). The number of ether oxygens (including phenoxy) is 4. The Morgan fingerprint density at radius 3 is 0.989 bits per heavy atom. The highest BCUT2D eigenvalue weighted by molar-refractivity contribution is 7.47. The lowest BCUT2D eigenvalue weighted by molar-refractivity contribution is -0.161. The van der Waals surface area contributed by atoms with E-state index >= 15 is 0 Å². The molecule has 0 heterocycles. The van der Waals surface area contributed by atoms with Crippen LogP contribution in [0, 0.1) is 0 Å². The second-order valence-corrected chi connectivity index (χ2v) is 27.4. The predicted octanol–water partition coefficient (Wildman–Crippen LogP) is 20.7. The Morgan fingerprint density at radius 1 is 0.319 bits per heavy atom. The molecule has 0 saturated carbocycles. The number of aliphatic hydroxyl groups is 1. The van der Waals surface area contributed by atoms with E-state index in [1.807, 2.05) is 18.2 Å². The van der Waals surface area contributed by atoms with E-state index in [0.29, 0.717) is 25.7 Å². The van der Waals surface area contributed by atoms with Crippen LogP contribution in [0.5, 0.6) is 0 Å². The minimum Gasteiger partial charge on any atom is -0.462 e. The van der Waals surface area contributed by atoms with E-state index in [9.17, 15) is 43.2 Å². The van der Waals surface area contributed by atoms with Crippen LogP contribution in [0.3, 0.4) is 0 Å². The second kappa shape index (κ2) is 67.8. The number of esters is 4. The van der Waals surface area contributed by atoms with Gasteiger partial charge in [-0.3, -0.25) is 37.3 Å². The number of phosphoric ester groups is 2. The summed E-state index contributed by atoms with van der Waals surface area (Å²) in [4.78, 5) is 72.6. The van der Waals surface area contributed by atoms with Crippen molar-refractivity contribution in [2.75, 3.05) is 39.6 Å². The lowest BCUT2D eigenvalue weighted by atomic mass is 10.0. The third-order valence-corrected chi connectivity index (χ3v) is 17.3. The number of carbonyl (C=O) groups is 4. The molecular weight excluding hydrogens is 1230 g/mol. The molecule has 0 saturated heterocycles. The second-order valence-electron chi connectivity index (χ2n) is 24.5. The minimum absolute atomic E-state index is 0.0677. The first-order valence-electron chi connectivity index (χ1n) is 36.8. The molecule has 0 aliphatic rings. The van der Waals surface area contributed by atoms with Gasteiger partial charge >= 0.3 is 39.5 Å². The van der Waals surface area contributed by atoms with E-state index in [0.717, 1.165) is 128 Å². The Balaban J connectivity index is 5.39. The van der Waals surface area contributed by atoms with Crippen molar-refractivity contribution >= 4 is 39.5 Å². The van der Waals surface area contributed by atoms with Crippen molar-refractivity contribution in [3.8, 4) is 0 Å². The van der Waals surface area contributed by atoms with Gasteiger partial charge in [-0.15, -0.1) is 0 Å². The summed E-state index contributed by atoms with van der Waals surface area (Å²) in [7, 11) is -9.96. The highest BCUT2D eigenvalue weighted by atomic mass is 31.2. The largest absolute Gasteiger partial charge is 0.472 e. The van der Waals surface area contributed by atoms with Gasteiger partial charge in [0, 0.05) is 19.3 Å². The maximum Gasteiger partial charge on any atom is 0.472 e. The van der Waals surface area contributed by atoms with Crippen molar-refractivity contribution in [3.05, 3.63) is 85.1 Å². The number of rotatable bonds is 69. The third kappa shape index (κ3) is 66.8. The molecule has 0 aromatic carbocycles. The lowest BCUT2D eigenvalue weighted by Gasteiger charge is -2.21. The molecule has 0 radical (unpaired) electrons. The van der Waals surface area contributed by atoms with E-state index in [1.54, 1.807) is 6.08 Å². The zero-order chi connectivity index (χ0) is 69.0. The topological polar surface area (TPSA) is 237 Å². The number of aliphatic hydroxyl groups excluding tert-OH is 1. The van der Waals surface area contributed by atoms with Crippen molar-refractivity contribution in [2.24, 2.45) is 0 Å².